The number of thioether (sulfide) groups is 1. The fraction of sp³-hybridized carbons (Fsp3) is 0.810. The summed E-state index contributed by atoms with van der Waals surface area (Å²) in [6.07, 6.45) is 5.80. The van der Waals surface area contributed by atoms with Gasteiger partial charge in [0.25, 0.3) is 0 Å². The number of nitrogens with zero attached hydrogens (tertiary/aromatic N) is 7. The van der Waals surface area contributed by atoms with Crippen LogP contribution in [0.25, 0.3) is 0 Å². The molecule has 678 valence electrons. The van der Waals surface area contributed by atoms with Crippen LogP contribution in [0.15, 0.2) is 0 Å². The zero-order chi connectivity index (χ0) is 90.2. The first-order valence-corrected chi connectivity index (χ1v) is 44.2. The summed E-state index contributed by atoms with van der Waals surface area (Å²) in [6.45, 7) is 27.8. The first-order valence-electron chi connectivity index (χ1n) is 43.2. The molecule has 3 heterocycles. The molecule has 0 bridgehead atoms. The fourth-order valence-electron chi connectivity index (χ4n) is 15.2. The maximum absolute atomic E-state index is 15.5. The summed E-state index contributed by atoms with van der Waals surface area (Å²) in [5, 5.41) is 41.1. The highest BCUT2D eigenvalue weighted by Gasteiger charge is 2.47. The number of carbonyl (C=O) groups excluding carboxylic acids is 16. The number of nitrogens with one attached hydrogen (secondary N) is 10. The monoisotopic (exact) mass is 1700 g/mol. The summed E-state index contributed by atoms with van der Waals surface area (Å²) < 4.78 is 0. The molecule has 0 saturated carbocycles. The van der Waals surface area contributed by atoms with Crippen molar-refractivity contribution >= 4 is 106 Å². The van der Waals surface area contributed by atoms with E-state index in [1.807, 2.05) is 67.2 Å². The number of rotatable bonds is 35. The van der Waals surface area contributed by atoms with Crippen molar-refractivity contribution in [2.75, 3.05) is 87.8 Å². The molecular formula is C84H149N17O17S. The van der Waals surface area contributed by atoms with Crippen molar-refractivity contribution in [3.8, 4) is 0 Å². The van der Waals surface area contributed by atoms with Gasteiger partial charge in [0.2, 0.25) is 88.6 Å². The Kier molecular flexibility index (Phi) is 45.3. The van der Waals surface area contributed by atoms with E-state index < -0.39 is 168 Å². The molecule has 34 nitrogen and oxygen atoms in total. The molecule has 0 spiro atoms. The summed E-state index contributed by atoms with van der Waals surface area (Å²) >= 11 is 1.86. The molecular weight excluding hydrogens is 1550 g/mol. The molecule has 35 heteroatoms. The number of urea groups is 1. The molecule has 11 N–H and O–H groups in total. The number of likely N-dealkylation sites (N-methyl/N-ethyl adjacent to an activating group) is 7. The lowest BCUT2D eigenvalue weighted by atomic mass is 9.91. The quantitative estimate of drug-likeness (QED) is 0.0321. The van der Waals surface area contributed by atoms with Gasteiger partial charge in [0, 0.05) is 112 Å². The third-order valence-corrected chi connectivity index (χ3v) is 24.0. The third kappa shape index (κ3) is 33.5. The SMILES string of the molecule is CC[C@@H]1NC(=O)[C@H]([C@H](O)[C@H](C)CC(=O)NCCNC(=O)CCCCCNC(=O)CCCCCNC(=O)CCCC[C@@H]2SC[C@@H]3NC(=O)N[C@@H]32)N(C)C(=O)[C@H](C(C)C)N(C)C(=O)[C@H](CC(C)C)N(C)C(=O)[C@H](CC(C)C)N(C)C(=O)[C@@H](C)NC(=O)[C@H](C)NC(=O)[C@H](CC(C)C)N(C)C(=O)[C@H](C(C)C)NC(=O)[C@H](CC(C)C)N(C)C(=O)CN(C)C1=O. The van der Waals surface area contributed by atoms with Gasteiger partial charge in [-0.2, -0.15) is 11.8 Å². The summed E-state index contributed by atoms with van der Waals surface area (Å²) in [5.41, 5.74) is 0. The minimum atomic E-state index is -1.88. The molecule has 3 saturated heterocycles. The molecule has 0 unspecified atom stereocenters. The van der Waals surface area contributed by atoms with Crippen LogP contribution in [0.2, 0.25) is 0 Å². The van der Waals surface area contributed by atoms with Crippen LogP contribution < -0.4 is 53.2 Å². The first kappa shape index (κ1) is 105. The lowest BCUT2D eigenvalue weighted by molar-refractivity contribution is -0.157. The standard InChI is InChI=1S/C84H149N17O17S/c1-24-57-79(113)95(17)46-68(106)96(18)59(41-48(2)3)76(110)93-69(52(10)11)82(116)97(19)60(42-49(4)5)75(109)89-55(15)74(108)90-56(16)78(112)98(20)61(43-50(6)7)80(114)99(21)62(44-51(8)9)81(115)100(22)71(53(12)13)83(117)101(23)72(77(111)91-57)73(107)54(14)45-67(105)88-40-39-87-66(104)35-28-26-32-37-85-64(102)34-27-25-31-38-86-65(103)36-30-29-33-63-70-58(47-119-63)92-84(118)94-70/h48-63,69-73,107H,24-47H2,1-23H3,(H,85,102)(H,86,103)(H,87,104)(H,88,105)(H,89,109)(H,90,108)(H,91,111)(H,93,110)(H2,92,94,118)/t54-,55+,56-,57+,58+,59+,60+,61+,62+,63+,69+,70+,71+,72+,73-/m1/s1. The normalized spacial score (nSPS) is 25.2. The minimum Gasteiger partial charge on any atom is -0.390 e. The van der Waals surface area contributed by atoms with E-state index in [-0.39, 0.29) is 111 Å². The van der Waals surface area contributed by atoms with E-state index in [9.17, 15) is 62.6 Å². The highest BCUT2D eigenvalue weighted by Crippen LogP contribution is 2.34. The van der Waals surface area contributed by atoms with Crippen molar-refractivity contribution in [2.24, 2.45) is 41.4 Å². The highest BCUT2D eigenvalue weighted by molar-refractivity contribution is 8.00. The van der Waals surface area contributed by atoms with Gasteiger partial charge in [-0.15, -0.1) is 0 Å². The Labute approximate surface area is 711 Å². The molecule has 15 atom stereocenters. The summed E-state index contributed by atoms with van der Waals surface area (Å²) in [5.74, 6) is -11.4. The number of fused-ring (bicyclic) bond motifs is 1. The maximum atomic E-state index is 15.5. The second-order valence-corrected chi connectivity index (χ2v) is 36.7. The van der Waals surface area contributed by atoms with E-state index in [0.29, 0.717) is 56.9 Å². The second kappa shape index (κ2) is 51.4. The van der Waals surface area contributed by atoms with Crippen LogP contribution >= 0.6 is 11.8 Å². The van der Waals surface area contributed by atoms with E-state index in [2.05, 4.69) is 53.2 Å². The van der Waals surface area contributed by atoms with E-state index in [1.165, 1.54) is 94.6 Å². The van der Waals surface area contributed by atoms with Gasteiger partial charge < -0.3 is 92.6 Å². The molecule has 17 amide bonds. The average molecular weight is 1700 g/mol. The van der Waals surface area contributed by atoms with Gasteiger partial charge in [-0.1, -0.05) is 116 Å². The predicted molar refractivity (Wildman–Crippen MR) is 457 cm³/mol. The lowest BCUT2D eigenvalue weighted by Crippen LogP contribution is -2.63. The van der Waals surface area contributed by atoms with Crippen molar-refractivity contribution < 1.29 is 81.8 Å². The van der Waals surface area contributed by atoms with Crippen molar-refractivity contribution in [1.82, 2.24) is 87.5 Å². The molecule has 3 aliphatic rings. The largest absolute Gasteiger partial charge is 0.390 e. The summed E-state index contributed by atoms with van der Waals surface area (Å²) in [6, 6.07) is -13.1. The smallest absolute Gasteiger partial charge is 0.315 e. The molecule has 3 aliphatic heterocycles. The summed E-state index contributed by atoms with van der Waals surface area (Å²) in [4.78, 5) is 234. The van der Waals surface area contributed by atoms with Gasteiger partial charge in [0.05, 0.1) is 24.7 Å². The number of hydrogen-bond donors (Lipinski definition) is 11. The van der Waals surface area contributed by atoms with Crippen LogP contribution in [-0.2, 0) is 71.9 Å². The minimum absolute atomic E-state index is 0.0134. The first-order chi connectivity index (χ1) is 55.7. The van der Waals surface area contributed by atoms with Crippen molar-refractivity contribution in [2.45, 2.75) is 310 Å². The molecule has 3 fully saturated rings. The Balaban J connectivity index is 1.88. The Morgan fingerprint density at radius 3 is 1.36 bits per heavy atom. The molecule has 0 aliphatic carbocycles. The van der Waals surface area contributed by atoms with Crippen molar-refractivity contribution in [3.63, 3.8) is 0 Å². The number of carbonyl (C=O) groups is 16. The Morgan fingerprint density at radius 2 is 0.866 bits per heavy atom. The molecule has 0 aromatic rings. The van der Waals surface area contributed by atoms with Crippen LogP contribution in [0, 0.1) is 41.4 Å². The van der Waals surface area contributed by atoms with Crippen LogP contribution in [0.3, 0.4) is 0 Å². The molecule has 0 radical (unpaired) electrons. The zero-order valence-electron chi connectivity index (χ0n) is 75.6. The average Bonchev–Trinajstić information content (AvgIpc) is 1.49. The maximum Gasteiger partial charge on any atom is 0.315 e. The van der Waals surface area contributed by atoms with Crippen molar-refractivity contribution in [1.29, 1.82) is 0 Å². The molecule has 119 heavy (non-hydrogen) atoms. The number of aliphatic hydroxyl groups is 1. The van der Waals surface area contributed by atoms with Crippen LogP contribution in [0.5, 0.6) is 0 Å². The Hall–Kier alpha value is -8.37. The number of aliphatic hydroxyl groups excluding tert-OH is 1. The highest BCUT2D eigenvalue weighted by atomic mass is 32.2. The third-order valence-electron chi connectivity index (χ3n) is 22.5. The van der Waals surface area contributed by atoms with E-state index in [4.69, 9.17) is 0 Å². The van der Waals surface area contributed by atoms with Crippen LogP contribution in [-0.4, -0.2) is 306 Å². The fourth-order valence-corrected chi connectivity index (χ4v) is 16.8. The van der Waals surface area contributed by atoms with Crippen molar-refractivity contribution in [3.05, 3.63) is 0 Å². The lowest BCUT2D eigenvalue weighted by Gasteiger charge is -2.41. The predicted octanol–water partition coefficient (Wildman–Crippen LogP) is 3.00. The Morgan fingerprint density at radius 1 is 0.429 bits per heavy atom. The van der Waals surface area contributed by atoms with E-state index >= 15 is 19.2 Å². The van der Waals surface area contributed by atoms with E-state index in [0.717, 1.165) is 47.7 Å². The van der Waals surface area contributed by atoms with Crippen LogP contribution in [0.1, 0.15) is 226 Å². The van der Waals surface area contributed by atoms with Gasteiger partial charge in [-0.05, 0) is 126 Å². The number of unbranched alkanes of at least 4 members (excludes halogenated alkanes) is 5. The molecule has 0 aromatic heterocycles. The summed E-state index contributed by atoms with van der Waals surface area (Å²) in [7, 11) is 9.58. The van der Waals surface area contributed by atoms with E-state index in [1.54, 1.807) is 34.6 Å². The number of amides is 17. The molecule has 0 aromatic carbocycles. The van der Waals surface area contributed by atoms with Gasteiger partial charge in [-0.25, -0.2) is 4.79 Å². The number of hydrogen-bond acceptors (Lipinski definition) is 18. The van der Waals surface area contributed by atoms with Gasteiger partial charge in [0.15, 0.2) is 0 Å². The van der Waals surface area contributed by atoms with Gasteiger partial charge in [-0.3, -0.25) is 71.9 Å². The Bertz CT molecular complexity index is 3400. The molecule has 3 rings (SSSR count). The van der Waals surface area contributed by atoms with Gasteiger partial charge >= 0.3 is 6.03 Å². The van der Waals surface area contributed by atoms with Gasteiger partial charge in [0.1, 0.15) is 60.4 Å². The van der Waals surface area contributed by atoms with Crippen LogP contribution in [0.4, 0.5) is 4.79 Å². The topological polar surface area (TPSA) is 436 Å². The zero-order valence-corrected chi connectivity index (χ0v) is 76.4. The second-order valence-electron chi connectivity index (χ2n) is 35.4.